The second kappa shape index (κ2) is 8.09. The maximum absolute atomic E-state index is 14.3. The van der Waals surface area contributed by atoms with Gasteiger partial charge in [-0.3, -0.25) is 0 Å². The van der Waals surface area contributed by atoms with Gasteiger partial charge in [0.05, 0.1) is 21.4 Å². The number of nitrogens with zero attached hydrogens (tertiary/aromatic N) is 5. The van der Waals surface area contributed by atoms with Crippen LogP contribution >= 0.6 is 11.6 Å². The molecule has 1 atom stereocenters. The van der Waals surface area contributed by atoms with Crippen LogP contribution in [0.4, 0.5) is 10.3 Å². The van der Waals surface area contributed by atoms with Crippen molar-refractivity contribution in [3.8, 4) is 5.88 Å². The Morgan fingerprint density at radius 3 is 2.80 bits per heavy atom. The van der Waals surface area contributed by atoms with E-state index in [2.05, 4.69) is 32.1 Å². The van der Waals surface area contributed by atoms with Crippen LogP contribution in [0, 0.1) is 5.82 Å². The van der Waals surface area contributed by atoms with E-state index in [9.17, 15) is 4.39 Å². The summed E-state index contributed by atoms with van der Waals surface area (Å²) in [4.78, 5) is 18.4. The molecule has 2 fully saturated rings. The average Bonchev–Trinajstić information content (AvgIpc) is 3.18. The Morgan fingerprint density at radius 2 is 2.03 bits per heavy atom. The molecule has 4 heterocycles. The van der Waals surface area contributed by atoms with Gasteiger partial charge in [-0.15, -0.1) is 0 Å². The molecule has 0 amide bonds. The summed E-state index contributed by atoms with van der Waals surface area (Å²) in [5.74, 6) is 0.608. The molecule has 2 aromatic heterocycles. The summed E-state index contributed by atoms with van der Waals surface area (Å²) in [5, 5.41) is 4.65. The van der Waals surface area contributed by atoms with E-state index < -0.39 is 5.82 Å². The van der Waals surface area contributed by atoms with Crippen molar-refractivity contribution in [3.63, 3.8) is 0 Å². The molecule has 0 aliphatic carbocycles. The predicted molar refractivity (Wildman–Crippen MR) is 116 cm³/mol. The molecule has 30 heavy (non-hydrogen) atoms. The van der Waals surface area contributed by atoms with Gasteiger partial charge in [0.25, 0.3) is 0 Å². The van der Waals surface area contributed by atoms with Crippen LogP contribution in [0.25, 0.3) is 21.8 Å². The number of likely N-dealkylation sites (N-methyl/N-ethyl adjacent to an activating group) is 1. The van der Waals surface area contributed by atoms with Gasteiger partial charge >= 0.3 is 0 Å². The second-order valence-corrected chi connectivity index (χ2v) is 8.36. The van der Waals surface area contributed by atoms with Crippen molar-refractivity contribution in [3.05, 3.63) is 29.2 Å². The van der Waals surface area contributed by atoms with Crippen molar-refractivity contribution in [1.29, 1.82) is 0 Å². The highest BCUT2D eigenvalue weighted by molar-refractivity contribution is 6.31. The molecule has 2 aliphatic heterocycles. The molecule has 1 N–H and O–H groups in total. The normalized spacial score (nSPS) is 20.4. The minimum Gasteiger partial charge on any atom is -0.475 e. The van der Waals surface area contributed by atoms with Crippen molar-refractivity contribution < 1.29 is 9.13 Å². The smallest absolute Gasteiger partial charge is 0.225 e. The molecule has 1 aromatic carbocycles. The number of fused-ring (bicyclic) bond motifs is 3. The minimum atomic E-state index is -0.490. The van der Waals surface area contributed by atoms with Crippen molar-refractivity contribution in [2.24, 2.45) is 0 Å². The highest BCUT2D eigenvalue weighted by Crippen LogP contribution is 2.33. The largest absolute Gasteiger partial charge is 0.475 e. The van der Waals surface area contributed by atoms with E-state index in [1.54, 1.807) is 6.20 Å². The summed E-state index contributed by atoms with van der Waals surface area (Å²) < 4.78 is 20.4. The third kappa shape index (κ3) is 3.64. The Kier molecular flexibility index (Phi) is 5.30. The summed E-state index contributed by atoms with van der Waals surface area (Å²) in [6.07, 6.45) is 4.01. The zero-order valence-electron chi connectivity index (χ0n) is 16.9. The lowest BCUT2D eigenvalue weighted by Gasteiger charge is -2.27. The number of hydrogen-bond acceptors (Lipinski definition) is 7. The number of nitrogens with one attached hydrogen (secondary N) is 1. The summed E-state index contributed by atoms with van der Waals surface area (Å²) in [5.41, 5.74) is 1.20. The van der Waals surface area contributed by atoms with Gasteiger partial charge in [-0.05, 0) is 38.6 Å². The monoisotopic (exact) mass is 430 g/mol. The van der Waals surface area contributed by atoms with E-state index in [1.807, 2.05) is 0 Å². The molecule has 3 aromatic rings. The molecular weight excluding hydrogens is 407 g/mol. The Hall–Kier alpha value is -2.29. The van der Waals surface area contributed by atoms with E-state index in [-0.39, 0.29) is 5.02 Å². The first-order valence-corrected chi connectivity index (χ1v) is 10.7. The number of anilines is 1. The third-order valence-corrected chi connectivity index (χ3v) is 6.30. The first-order chi connectivity index (χ1) is 14.6. The van der Waals surface area contributed by atoms with Gasteiger partial charge in [-0.25, -0.2) is 19.3 Å². The quantitative estimate of drug-likeness (QED) is 0.638. The molecule has 0 radical (unpaired) electrons. The molecule has 1 unspecified atom stereocenters. The maximum Gasteiger partial charge on any atom is 0.225 e. The zero-order valence-corrected chi connectivity index (χ0v) is 17.6. The third-order valence-electron chi connectivity index (χ3n) is 6.01. The molecule has 7 nitrogen and oxygen atoms in total. The molecule has 0 saturated carbocycles. The van der Waals surface area contributed by atoms with E-state index in [0.29, 0.717) is 46.3 Å². The summed E-state index contributed by atoms with van der Waals surface area (Å²) >= 11 is 6.03. The Bertz CT molecular complexity index is 1090. The lowest BCUT2D eigenvalue weighted by atomic mass is 10.1. The van der Waals surface area contributed by atoms with Crippen molar-refractivity contribution in [1.82, 2.24) is 25.2 Å². The van der Waals surface area contributed by atoms with E-state index >= 15 is 0 Å². The van der Waals surface area contributed by atoms with Gasteiger partial charge in [0.1, 0.15) is 12.4 Å². The number of rotatable bonds is 4. The number of pyridine rings is 1. The van der Waals surface area contributed by atoms with Crippen LogP contribution in [-0.4, -0.2) is 72.3 Å². The zero-order chi connectivity index (χ0) is 20.7. The van der Waals surface area contributed by atoms with Gasteiger partial charge in [0.15, 0.2) is 0 Å². The van der Waals surface area contributed by atoms with Crippen LogP contribution in [0.2, 0.25) is 5.02 Å². The van der Waals surface area contributed by atoms with Gasteiger partial charge in [0, 0.05) is 43.8 Å². The highest BCUT2D eigenvalue weighted by Gasteiger charge is 2.23. The lowest BCUT2D eigenvalue weighted by Crippen LogP contribution is -2.44. The molecule has 5 rings (SSSR count). The molecule has 2 aliphatic rings. The van der Waals surface area contributed by atoms with Crippen LogP contribution in [-0.2, 0) is 0 Å². The molecule has 0 bridgehead atoms. The number of benzene rings is 1. The molecule has 158 valence electrons. The number of hydrogen-bond donors (Lipinski definition) is 1. The SMILES string of the molecule is CN1CCCC1COc1nc2cc(Cl)c(F)cc2c2nc(N3CCNCC3)ncc12. The number of halogens is 2. The van der Waals surface area contributed by atoms with Crippen molar-refractivity contribution >= 4 is 39.4 Å². The fourth-order valence-corrected chi connectivity index (χ4v) is 4.37. The Morgan fingerprint density at radius 1 is 1.20 bits per heavy atom. The van der Waals surface area contributed by atoms with E-state index in [1.165, 1.54) is 18.6 Å². The second-order valence-electron chi connectivity index (χ2n) is 7.96. The molecular formula is C21H24ClFN6O. The van der Waals surface area contributed by atoms with Crippen LogP contribution in [0.3, 0.4) is 0 Å². The first-order valence-electron chi connectivity index (χ1n) is 10.3. The fourth-order valence-electron chi connectivity index (χ4n) is 4.21. The van der Waals surface area contributed by atoms with Gasteiger partial charge in [-0.1, -0.05) is 11.6 Å². The summed E-state index contributed by atoms with van der Waals surface area (Å²) in [6, 6.07) is 3.29. The minimum absolute atomic E-state index is 0.0345. The van der Waals surface area contributed by atoms with Crippen LogP contribution in [0.5, 0.6) is 5.88 Å². The Labute approximate surface area is 179 Å². The van der Waals surface area contributed by atoms with Gasteiger partial charge < -0.3 is 19.9 Å². The predicted octanol–water partition coefficient (Wildman–Crippen LogP) is 2.85. The van der Waals surface area contributed by atoms with Crippen molar-refractivity contribution in [2.75, 3.05) is 51.3 Å². The molecule has 2 saturated heterocycles. The van der Waals surface area contributed by atoms with Crippen molar-refractivity contribution in [2.45, 2.75) is 18.9 Å². The summed E-state index contributed by atoms with van der Waals surface area (Å²) in [6.45, 7) is 5.03. The van der Waals surface area contributed by atoms with Crippen LogP contribution in [0.15, 0.2) is 18.3 Å². The average molecular weight is 431 g/mol. The number of piperazine rings is 1. The van der Waals surface area contributed by atoms with Gasteiger partial charge in [-0.2, -0.15) is 0 Å². The van der Waals surface area contributed by atoms with E-state index in [0.717, 1.165) is 39.1 Å². The number of aromatic nitrogens is 3. The van der Waals surface area contributed by atoms with Crippen LogP contribution < -0.4 is 15.0 Å². The Balaban J connectivity index is 1.60. The lowest BCUT2D eigenvalue weighted by molar-refractivity contribution is 0.195. The number of ether oxygens (including phenoxy) is 1. The fraction of sp³-hybridized carbons (Fsp3) is 0.476. The van der Waals surface area contributed by atoms with Gasteiger partial charge in [0.2, 0.25) is 11.8 Å². The molecule has 0 spiro atoms. The standard InChI is InChI=1S/C21H24ClFN6O/c1-28-6-2-3-13(28)12-30-20-15-11-25-21(29-7-4-24-5-8-29)27-19(15)14-9-17(23)16(22)10-18(14)26-20/h9-11,13,24H,2-8,12H2,1H3. The first kappa shape index (κ1) is 19.7. The maximum atomic E-state index is 14.3. The summed E-state index contributed by atoms with van der Waals surface area (Å²) in [7, 11) is 2.11. The topological polar surface area (TPSA) is 66.4 Å². The number of likely N-dealkylation sites (tertiary alicyclic amines) is 1. The van der Waals surface area contributed by atoms with E-state index in [4.69, 9.17) is 21.3 Å². The van der Waals surface area contributed by atoms with Crippen LogP contribution in [0.1, 0.15) is 12.8 Å². The molecule has 9 heteroatoms. The highest BCUT2D eigenvalue weighted by atomic mass is 35.5.